The molecule has 1 N–H and O–H groups in total. The number of pyridine rings is 1. The van der Waals surface area contributed by atoms with Gasteiger partial charge in [-0.3, -0.25) is 4.79 Å². The van der Waals surface area contributed by atoms with Gasteiger partial charge in [-0.1, -0.05) is 0 Å². The van der Waals surface area contributed by atoms with E-state index in [1.165, 1.54) is 0 Å². The Kier molecular flexibility index (Phi) is 4.79. The Bertz CT molecular complexity index is 843. The summed E-state index contributed by atoms with van der Waals surface area (Å²) in [5, 5.41) is 3.52. The van der Waals surface area contributed by atoms with E-state index in [1.807, 2.05) is 13.1 Å². The first-order chi connectivity index (χ1) is 13.2. The van der Waals surface area contributed by atoms with Crippen molar-refractivity contribution in [2.75, 3.05) is 37.0 Å². The number of rotatable bonds is 5. The van der Waals surface area contributed by atoms with Crippen LogP contribution in [-0.4, -0.2) is 59.0 Å². The molecule has 1 saturated heterocycles. The van der Waals surface area contributed by atoms with Crippen molar-refractivity contribution in [1.82, 2.24) is 19.9 Å². The molecule has 0 unspecified atom stereocenters. The van der Waals surface area contributed by atoms with Crippen molar-refractivity contribution in [2.24, 2.45) is 0 Å². The number of carbonyl (C=O) groups is 1. The first-order valence-corrected chi connectivity index (χ1v) is 9.22. The molecule has 27 heavy (non-hydrogen) atoms. The predicted octanol–water partition coefficient (Wildman–Crippen LogP) is 1.39. The molecule has 2 aromatic rings. The van der Waals surface area contributed by atoms with Crippen LogP contribution < -0.4 is 15.0 Å². The van der Waals surface area contributed by atoms with Crippen LogP contribution in [0.15, 0.2) is 18.6 Å². The lowest BCUT2D eigenvalue weighted by molar-refractivity contribution is -0.117. The van der Waals surface area contributed by atoms with E-state index in [9.17, 15) is 4.79 Å². The van der Waals surface area contributed by atoms with Crippen LogP contribution in [0.5, 0.6) is 5.88 Å². The summed E-state index contributed by atoms with van der Waals surface area (Å²) in [6.45, 7) is 5.13. The number of nitrogens with one attached hydrogen (secondary N) is 1. The molecule has 2 aliphatic rings. The number of hydrogen-bond donors (Lipinski definition) is 1. The molecular weight excluding hydrogens is 344 g/mol. The highest BCUT2D eigenvalue weighted by Crippen LogP contribution is 2.29. The number of amides is 1. The second-order valence-electron chi connectivity index (χ2n) is 7.07. The van der Waals surface area contributed by atoms with Crippen molar-refractivity contribution in [2.45, 2.75) is 32.4 Å². The minimum atomic E-state index is 0.231. The van der Waals surface area contributed by atoms with Crippen molar-refractivity contribution in [3.05, 3.63) is 35.4 Å². The fourth-order valence-corrected chi connectivity index (χ4v) is 3.81. The molecule has 8 heteroatoms. The summed E-state index contributed by atoms with van der Waals surface area (Å²) in [6, 6.07) is 2.33. The molecule has 0 aliphatic carbocycles. The van der Waals surface area contributed by atoms with Gasteiger partial charge in [-0.15, -0.1) is 0 Å². The van der Waals surface area contributed by atoms with Crippen LogP contribution in [-0.2, 0) is 17.8 Å². The maximum atomic E-state index is 11.0. The Hall–Kier alpha value is -2.90. The van der Waals surface area contributed by atoms with Gasteiger partial charge in [0.2, 0.25) is 12.3 Å². The van der Waals surface area contributed by atoms with E-state index < -0.39 is 0 Å². The van der Waals surface area contributed by atoms with Crippen LogP contribution in [0.2, 0.25) is 0 Å². The highest BCUT2D eigenvalue weighted by Gasteiger charge is 2.26. The van der Waals surface area contributed by atoms with E-state index in [0.29, 0.717) is 12.4 Å². The molecule has 2 aliphatic heterocycles. The van der Waals surface area contributed by atoms with Crippen molar-refractivity contribution < 1.29 is 9.53 Å². The van der Waals surface area contributed by atoms with Gasteiger partial charge in [0.1, 0.15) is 12.1 Å². The minimum Gasteiger partial charge on any atom is -0.481 e. The fraction of sp³-hybridized carbons (Fsp3) is 0.474. The van der Waals surface area contributed by atoms with Gasteiger partial charge in [-0.25, -0.2) is 15.0 Å². The number of ether oxygens (including phenoxy) is 1. The van der Waals surface area contributed by atoms with Gasteiger partial charge in [-0.05, 0) is 19.4 Å². The second kappa shape index (κ2) is 7.38. The van der Waals surface area contributed by atoms with Crippen molar-refractivity contribution in [3.8, 4) is 5.88 Å². The summed E-state index contributed by atoms with van der Waals surface area (Å²) >= 11 is 0. The Morgan fingerprint density at radius 3 is 2.93 bits per heavy atom. The molecule has 8 nitrogen and oxygen atoms in total. The number of anilines is 2. The van der Waals surface area contributed by atoms with Gasteiger partial charge in [0, 0.05) is 49.8 Å². The maximum absolute atomic E-state index is 11.0. The van der Waals surface area contributed by atoms with Crippen LogP contribution in [0.25, 0.3) is 0 Å². The monoisotopic (exact) mass is 368 g/mol. The third kappa shape index (κ3) is 3.51. The van der Waals surface area contributed by atoms with Crippen molar-refractivity contribution in [1.29, 1.82) is 0 Å². The van der Waals surface area contributed by atoms with E-state index in [0.717, 1.165) is 67.2 Å². The number of aromatic nitrogens is 3. The number of aryl methyl sites for hydroxylation is 1. The Balaban J connectivity index is 1.55. The molecular formula is C19H24N6O2. The number of fused-ring (bicyclic) bond motifs is 1. The second-order valence-corrected chi connectivity index (χ2v) is 7.07. The average Bonchev–Trinajstić information content (AvgIpc) is 3.15. The molecule has 0 radical (unpaired) electrons. The lowest BCUT2D eigenvalue weighted by Crippen LogP contribution is -2.33. The topological polar surface area (TPSA) is 83.5 Å². The molecule has 4 rings (SSSR count). The lowest BCUT2D eigenvalue weighted by Gasteiger charge is -2.31. The van der Waals surface area contributed by atoms with Crippen LogP contribution in [0.4, 0.5) is 11.5 Å². The Morgan fingerprint density at radius 2 is 2.19 bits per heavy atom. The van der Waals surface area contributed by atoms with E-state index >= 15 is 0 Å². The van der Waals surface area contributed by atoms with E-state index in [-0.39, 0.29) is 6.04 Å². The SMILES string of the molecule is COc1ncc(N2CCc3ncnc(N[C@H]4CCN(C=O)C4)c3C2)cc1C. The molecule has 142 valence electrons. The zero-order valence-electron chi connectivity index (χ0n) is 15.7. The molecule has 1 fully saturated rings. The zero-order chi connectivity index (χ0) is 18.8. The van der Waals surface area contributed by atoms with Crippen molar-refractivity contribution >= 4 is 17.9 Å². The van der Waals surface area contributed by atoms with Gasteiger partial charge in [0.05, 0.1) is 24.7 Å². The van der Waals surface area contributed by atoms with E-state index in [4.69, 9.17) is 4.74 Å². The van der Waals surface area contributed by atoms with E-state index in [2.05, 4.69) is 31.2 Å². The predicted molar refractivity (Wildman–Crippen MR) is 102 cm³/mol. The summed E-state index contributed by atoms with van der Waals surface area (Å²) in [4.78, 5) is 28.4. The summed E-state index contributed by atoms with van der Waals surface area (Å²) < 4.78 is 5.27. The summed E-state index contributed by atoms with van der Waals surface area (Å²) in [5.41, 5.74) is 4.30. The number of carbonyl (C=O) groups excluding carboxylic acids is 1. The van der Waals surface area contributed by atoms with Crippen molar-refractivity contribution in [3.63, 3.8) is 0 Å². The molecule has 1 atom stereocenters. The molecule has 2 aromatic heterocycles. The summed E-state index contributed by atoms with van der Waals surface area (Å²) in [6.07, 6.45) is 6.19. The van der Waals surface area contributed by atoms with Crippen LogP contribution in [0.3, 0.4) is 0 Å². The van der Waals surface area contributed by atoms with Gasteiger partial charge in [0.25, 0.3) is 0 Å². The summed E-state index contributed by atoms with van der Waals surface area (Å²) in [5.74, 6) is 1.53. The molecule has 0 saturated carbocycles. The smallest absolute Gasteiger partial charge is 0.216 e. The minimum absolute atomic E-state index is 0.231. The van der Waals surface area contributed by atoms with Gasteiger partial charge in [-0.2, -0.15) is 0 Å². The molecule has 4 heterocycles. The normalized spacial score (nSPS) is 19.0. The van der Waals surface area contributed by atoms with Gasteiger partial charge >= 0.3 is 0 Å². The third-order valence-electron chi connectivity index (χ3n) is 5.29. The highest BCUT2D eigenvalue weighted by atomic mass is 16.5. The van der Waals surface area contributed by atoms with Gasteiger partial charge < -0.3 is 19.9 Å². The standard InChI is InChI=1S/C19H24N6O2/c1-13-7-15(8-20-19(13)27-2)25-6-4-17-16(10-25)18(22-11-21-17)23-14-3-5-24(9-14)12-26/h7-8,11-12,14H,3-6,9-10H2,1-2H3,(H,21,22,23)/t14-/m0/s1. The Labute approximate surface area is 158 Å². The molecule has 0 aromatic carbocycles. The highest BCUT2D eigenvalue weighted by molar-refractivity contribution is 5.56. The van der Waals surface area contributed by atoms with Crippen LogP contribution in [0, 0.1) is 6.92 Å². The first-order valence-electron chi connectivity index (χ1n) is 9.22. The fourth-order valence-electron chi connectivity index (χ4n) is 3.81. The number of methoxy groups -OCH3 is 1. The molecule has 1 amide bonds. The van der Waals surface area contributed by atoms with Gasteiger partial charge in [0.15, 0.2) is 0 Å². The van der Waals surface area contributed by atoms with Crippen LogP contribution in [0.1, 0.15) is 23.2 Å². The number of likely N-dealkylation sites (tertiary alicyclic amines) is 1. The van der Waals surface area contributed by atoms with E-state index in [1.54, 1.807) is 18.3 Å². The average molecular weight is 368 g/mol. The maximum Gasteiger partial charge on any atom is 0.216 e. The number of hydrogen-bond acceptors (Lipinski definition) is 7. The first kappa shape index (κ1) is 17.5. The Morgan fingerprint density at radius 1 is 1.30 bits per heavy atom. The van der Waals surface area contributed by atoms with Crippen LogP contribution >= 0.6 is 0 Å². The summed E-state index contributed by atoms with van der Waals surface area (Å²) in [7, 11) is 1.64. The number of nitrogens with zero attached hydrogens (tertiary/aromatic N) is 5. The molecule has 0 bridgehead atoms. The largest absolute Gasteiger partial charge is 0.481 e. The zero-order valence-corrected chi connectivity index (χ0v) is 15.7. The quantitative estimate of drug-likeness (QED) is 0.799. The third-order valence-corrected chi connectivity index (χ3v) is 5.29. The lowest BCUT2D eigenvalue weighted by atomic mass is 10.0. The molecule has 0 spiro atoms.